The molecule has 0 bridgehead atoms. The van der Waals surface area contributed by atoms with E-state index >= 15 is 0 Å². The molecule has 24 heavy (non-hydrogen) atoms. The molecule has 1 atom stereocenters. The van der Waals surface area contributed by atoms with Gasteiger partial charge in [-0.2, -0.15) is 0 Å². The second-order valence-corrected chi connectivity index (χ2v) is 6.10. The zero-order valence-corrected chi connectivity index (χ0v) is 14.1. The molecule has 0 unspecified atom stereocenters. The lowest BCUT2D eigenvalue weighted by atomic mass is 10.0. The van der Waals surface area contributed by atoms with Gasteiger partial charge in [-0.15, -0.1) is 0 Å². The Morgan fingerprint density at radius 2 is 1.83 bits per heavy atom. The van der Waals surface area contributed by atoms with Crippen LogP contribution in [0.5, 0.6) is 0 Å². The van der Waals surface area contributed by atoms with Gasteiger partial charge in [0, 0.05) is 10.9 Å². The summed E-state index contributed by atoms with van der Waals surface area (Å²) in [6, 6.07) is 9.56. The highest BCUT2D eigenvalue weighted by Gasteiger charge is 2.20. The highest BCUT2D eigenvalue weighted by molar-refractivity contribution is 9.10. The van der Waals surface area contributed by atoms with Crippen LogP contribution in [0.4, 0.5) is 8.78 Å². The van der Waals surface area contributed by atoms with E-state index in [0.29, 0.717) is 5.56 Å². The van der Waals surface area contributed by atoms with E-state index in [-0.39, 0.29) is 12.8 Å². The number of amides is 2. The van der Waals surface area contributed by atoms with Crippen molar-refractivity contribution in [2.24, 2.45) is 5.73 Å². The average Bonchev–Trinajstić information content (AvgIpc) is 2.52. The maximum Gasteiger partial charge on any atom is 0.240 e. The summed E-state index contributed by atoms with van der Waals surface area (Å²) in [6.45, 7) is 0. The van der Waals surface area contributed by atoms with Gasteiger partial charge < -0.3 is 11.1 Å². The largest absolute Gasteiger partial charge is 0.368 e. The lowest BCUT2D eigenvalue weighted by molar-refractivity contribution is -0.127. The van der Waals surface area contributed by atoms with Crippen LogP contribution in [0.3, 0.4) is 0 Å². The van der Waals surface area contributed by atoms with Gasteiger partial charge in [-0.25, -0.2) is 8.78 Å². The Balaban J connectivity index is 2.04. The number of benzene rings is 2. The molecule has 0 aliphatic heterocycles. The molecule has 0 fully saturated rings. The Kier molecular flexibility index (Phi) is 6.03. The van der Waals surface area contributed by atoms with Crippen LogP contribution < -0.4 is 11.1 Å². The molecule has 2 aromatic carbocycles. The molecule has 0 heterocycles. The van der Waals surface area contributed by atoms with Crippen molar-refractivity contribution in [2.75, 3.05) is 0 Å². The minimum absolute atomic E-state index is 0.184. The summed E-state index contributed by atoms with van der Waals surface area (Å²) in [5.74, 6) is -3.19. The van der Waals surface area contributed by atoms with Gasteiger partial charge in [0.05, 0.1) is 6.42 Å². The van der Waals surface area contributed by atoms with E-state index in [4.69, 9.17) is 5.73 Å². The van der Waals surface area contributed by atoms with Gasteiger partial charge >= 0.3 is 0 Å². The Bertz CT molecular complexity index is 768. The molecule has 2 aromatic rings. The first-order valence-corrected chi connectivity index (χ1v) is 7.92. The van der Waals surface area contributed by atoms with Crippen molar-refractivity contribution in [3.05, 3.63) is 69.7 Å². The summed E-state index contributed by atoms with van der Waals surface area (Å²) in [4.78, 5) is 23.6. The van der Waals surface area contributed by atoms with E-state index in [9.17, 15) is 18.4 Å². The van der Waals surface area contributed by atoms with Crippen molar-refractivity contribution in [3.8, 4) is 0 Å². The lowest BCUT2D eigenvalue weighted by Gasteiger charge is -2.16. The van der Waals surface area contributed by atoms with Crippen LogP contribution >= 0.6 is 15.9 Å². The minimum Gasteiger partial charge on any atom is -0.368 e. The third-order valence-corrected chi connectivity index (χ3v) is 4.18. The van der Waals surface area contributed by atoms with Crippen molar-refractivity contribution in [3.63, 3.8) is 0 Å². The topological polar surface area (TPSA) is 72.2 Å². The Hall–Kier alpha value is -2.28. The molecule has 0 aromatic heterocycles. The average molecular weight is 397 g/mol. The molecule has 0 saturated heterocycles. The molecular formula is C17H15BrF2N2O2. The van der Waals surface area contributed by atoms with Gasteiger partial charge in [0.2, 0.25) is 11.8 Å². The van der Waals surface area contributed by atoms with E-state index < -0.39 is 29.5 Å². The number of hydrogen-bond donors (Lipinski definition) is 2. The molecule has 0 saturated carbocycles. The molecule has 0 spiro atoms. The van der Waals surface area contributed by atoms with E-state index in [0.717, 1.165) is 22.2 Å². The van der Waals surface area contributed by atoms with Crippen molar-refractivity contribution in [2.45, 2.75) is 18.9 Å². The number of rotatable bonds is 6. The van der Waals surface area contributed by atoms with Crippen molar-refractivity contribution < 1.29 is 18.4 Å². The molecule has 7 heteroatoms. The maximum atomic E-state index is 13.2. The first-order chi connectivity index (χ1) is 11.4. The van der Waals surface area contributed by atoms with Gasteiger partial charge in [-0.1, -0.05) is 40.2 Å². The number of primary amides is 1. The van der Waals surface area contributed by atoms with E-state index in [1.165, 1.54) is 6.07 Å². The van der Waals surface area contributed by atoms with Crippen LogP contribution in [0.25, 0.3) is 0 Å². The molecule has 2 amide bonds. The first kappa shape index (κ1) is 18.1. The predicted molar refractivity (Wildman–Crippen MR) is 89.0 cm³/mol. The minimum atomic E-state index is -1.03. The first-order valence-electron chi connectivity index (χ1n) is 7.13. The molecule has 0 aliphatic rings. The zero-order valence-electron chi connectivity index (χ0n) is 12.6. The summed E-state index contributed by atoms with van der Waals surface area (Å²) in [5, 5.41) is 2.52. The third-order valence-electron chi connectivity index (χ3n) is 3.41. The zero-order chi connectivity index (χ0) is 17.7. The summed E-state index contributed by atoms with van der Waals surface area (Å²) in [5.41, 5.74) is 6.46. The van der Waals surface area contributed by atoms with Crippen LogP contribution in [-0.4, -0.2) is 17.9 Å². The number of nitrogens with one attached hydrogen (secondary N) is 1. The predicted octanol–water partition coefficient (Wildman–Crippen LogP) is 2.48. The number of nitrogens with two attached hydrogens (primary N) is 1. The van der Waals surface area contributed by atoms with Crippen LogP contribution in [0.2, 0.25) is 0 Å². The van der Waals surface area contributed by atoms with Gasteiger partial charge in [0.1, 0.15) is 6.04 Å². The molecule has 0 radical (unpaired) electrons. The molecule has 4 nitrogen and oxygen atoms in total. The smallest absolute Gasteiger partial charge is 0.240 e. The Labute approximate surface area is 146 Å². The molecule has 126 valence electrons. The van der Waals surface area contributed by atoms with Gasteiger partial charge in [0.15, 0.2) is 11.6 Å². The molecule has 2 rings (SSSR count). The lowest BCUT2D eigenvalue weighted by Crippen LogP contribution is -2.46. The van der Waals surface area contributed by atoms with Crippen molar-refractivity contribution in [1.82, 2.24) is 5.32 Å². The third kappa shape index (κ3) is 4.86. The number of hydrogen-bond acceptors (Lipinski definition) is 2. The molecule has 0 aliphatic carbocycles. The van der Waals surface area contributed by atoms with Crippen LogP contribution in [-0.2, 0) is 22.4 Å². The number of halogens is 3. The van der Waals surface area contributed by atoms with Crippen LogP contribution in [0, 0.1) is 11.6 Å². The van der Waals surface area contributed by atoms with Gasteiger partial charge in [0.25, 0.3) is 0 Å². The quantitative estimate of drug-likeness (QED) is 0.786. The fraction of sp³-hybridized carbons (Fsp3) is 0.176. The Morgan fingerprint density at radius 3 is 2.46 bits per heavy atom. The standard InChI is InChI=1S/C17H15BrF2N2O2/c18-12-4-2-1-3-11(12)9-15(17(21)24)22-16(23)8-10-5-6-13(19)14(20)7-10/h1-7,15H,8-9H2,(H2,21,24)(H,22,23)/t15-/m0/s1. The van der Waals surface area contributed by atoms with E-state index in [1.54, 1.807) is 6.07 Å². The second-order valence-electron chi connectivity index (χ2n) is 5.24. The summed E-state index contributed by atoms with van der Waals surface area (Å²) in [7, 11) is 0. The maximum absolute atomic E-state index is 13.2. The summed E-state index contributed by atoms with van der Waals surface area (Å²) < 4.78 is 26.9. The van der Waals surface area contributed by atoms with Crippen LogP contribution in [0.15, 0.2) is 46.9 Å². The highest BCUT2D eigenvalue weighted by Crippen LogP contribution is 2.17. The number of carbonyl (C=O) groups excluding carboxylic acids is 2. The van der Waals surface area contributed by atoms with Gasteiger partial charge in [-0.3, -0.25) is 9.59 Å². The molecular weight excluding hydrogens is 382 g/mol. The second kappa shape index (κ2) is 8.01. The van der Waals surface area contributed by atoms with Gasteiger partial charge in [-0.05, 0) is 29.3 Å². The van der Waals surface area contributed by atoms with Crippen molar-refractivity contribution >= 4 is 27.7 Å². The normalized spacial score (nSPS) is 11.8. The van der Waals surface area contributed by atoms with Crippen molar-refractivity contribution in [1.29, 1.82) is 0 Å². The highest BCUT2D eigenvalue weighted by atomic mass is 79.9. The molecule has 3 N–H and O–H groups in total. The summed E-state index contributed by atoms with van der Waals surface area (Å²) in [6.07, 6.45) is 0.0389. The summed E-state index contributed by atoms with van der Waals surface area (Å²) >= 11 is 3.37. The van der Waals surface area contributed by atoms with E-state index in [1.807, 2.05) is 18.2 Å². The van der Waals surface area contributed by atoms with Crippen LogP contribution in [0.1, 0.15) is 11.1 Å². The fourth-order valence-corrected chi connectivity index (χ4v) is 2.63. The van der Waals surface area contributed by atoms with E-state index in [2.05, 4.69) is 21.2 Å². The Morgan fingerprint density at radius 1 is 1.12 bits per heavy atom. The SMILES string of the molecule is NC(=O)[C@H](Cc1ccccc1Br)NC(=O)Cc1ccc(F)c(F)c1. The fourth-order valence-electron chi connectivity index (χ4n) is 2.19. The number of carbonyl (C=O) groups is 2. The monoisotopic (exact) mass is 396 g/mol.